The van der Waals surface area contributed by atoms with Crippen LogP contribution in [0.5, 0.6) is 0 Å². The minimum absolute atomic E-state index is 0.0373. The van der Waals surface area contributed by atoms with Gasteiger partial charge in [-0.3, -0.25) is 19.2 Å². The van der Waals surface area contributed by atoms with Gasteiger partial charge in [-0.2, -0.15) is 0 Å². The monoisotopic (exact) mass is 528 g/mol. The maximum Gasteiger partial charge on any atom is 0.239 e. The van der Waals surface area contributed by atoms with Crippen molar-refractivity contribution in [1.29, 1.82) is 0 Å². The number of hydrogen-bond acceptors (Lipinski definition) is 12. The van der Waals surface area contributed by atoms with Crippen LogP contribution in [0.1, 0.15) is 32.1 Å². The number of carbonyl (C=O) groups excluding carboxylic acids is 4. The molecule has 10 N–H and O–H groups in total. The number of rotatable bonds is 20. The highest BCUT2D eigenvalue weighted by atomic mass is 33.1. The van der Waals surface area contributed by atoms with Crippen LogP contribution in [0.3, 0.4) is 0 Å². The maximum atomic E-state index is 12.2. The Morgan fingerprint density at radius 3 is 2.15 bits per heavy atom. The lowest BCUT2D eigenvalue weighted by Gasteiger charge is -2.20. The zero-order valence-corrected chi connectivity index (χ0v) is 20.5. The molecule has 34 heavy (non-hydrogen) atoms. The summed E-state index contributed by atoms with van der Waals surface area (Å²) in [5.74, 6) is -1.91. The van der Waals surface area contributed by atoms with Crippen molar-refractivity contribution >= 4 is 45.1 Å². The third kappa shape index (κ3) is 16.2. The van der Waals surface area contributed by atoms with Gasteiger partial charge in [0.05, 0.1) is 31.2 Å². The van der Waals surface area contributed by atoms with Crippen molar-refractivity contribution in [2.75, 3.05) is 38.0 Å². The Kier molecular flexibility index (Phi) is 19.0. The lowest BCUT2D eigenvalue weighted by molar-refractivity contribution is -0.132. The molecule has 0 radical (unpaired) electrons. The molecule has 13 nitrogen and oxygen atoms in total. The van der Waals surface area contributed by atoms with Gasteiger partial charge >= 0.3 is 0 Å². The van der Waals surface area contributed by atoms with E-state index in [1.165, 1.54) is 21.6 Å². The topological polar surface area (TPSA) is 232 Å². The van der Waals surface area contributed by atoms with Gasteiger partial charge in [-0.05, 0) is 12.8 Å². The predicted molar refractivity (Wildman–Crippen MR) is 127 cm³/mol. The summed E-state index contributed by atoms with van der Waals surface area (Å²) >= 11 is 0. The van der Waals surface area contributed by atoms with E-state index in [0.717, 1.165) is 0 Å². The molecule has 0 aliphatic rings. The van der Waals surface area contributed by atoms with E-state index in [-0.39, 0.29) is 37.5 Å². The van der Waals surface area contributed by atoms with Crippen LogP contribution in [0, 0.1) is 0 Å². The molecule has 0 aliphatic carbocycles. The van der Waals surface area contributed by atoms with Gasteiger partial charge in [-0.25, -0.2) is 0 Å². The second-order valence-corrected chi connectivity index (χ2v) is 9.87. The van der Waals surface area contributed by atoms with Gasteiger partial charge in [0.2, 0.25) is 17.7 Å². The van der Waals surface area contributed by atoms with Crippen LogP contribution in [0.15, 0.2) is 0 Å². The van der Waals surface area contributed by atoms with Crippen LogP contribution in [0.25, 0.3) is 0 Å². The third-order valence-electron chi connectivity index (χ3n) is 4.45. The number of aliphatic hydroxyl groups excluding tert-OH is 5. The van der Waals surface area contributed by atoms with Gasteiger partial charge in [0.15, 0.2) is 5.78 Å². The highest BCUT2D eigenvalue weighted by Crippen LogP contribution is 2.18. The fourth-order valence-corrected chi connectivity index (χ4v) is 3.88. The predicted octanol–water partition coefficient (Wildman–Crippen LogP) is -3.41. The number of carbonyl (C=O) groups is 4. The third-order valence-corrected chi connectivity index (χ3v) is 6.41. The summed E-state index contributed by atoms with van der Waals surface area (Å²) in [5, 5.41) is 53.1. The van der Waals surface area contributed by atoms with Crippen LogP contribution in [-0.4, -0.2) is 111 Å². The van der Waals surface area contributed by atoms with E-state index in [9.17, 15) is 29.4 Å². The molecular formula is C19H36N4O9S2. The molecule has 198 valence electrons. The van der Waals surface area contributed by atoms with Crippen molar-refractivity contribution < 1.29 is 44.7 Å². The molecule has 0 unspecified atom stereocenters. The summed E-state index contributed by atoms with van der Waals surface area (Å²) in [6.45, 7) is -0.968. The molecule has 0 spiro atoms. The zero-order valence-electron chi connectivity index (χ0n) is 18.9. The van der Waals surface area contributed by atoms with Crippen molar-refractivity contribution in [2.24, 2.45) is 5.73 Å². The number of aliphatic hydroxyl groups is 5. The molecule has 4 atom stereocenters. The molecule has 0 aromatic rings. The lowest BCUT2D eigenvalue weighted by atomic mass is 10.0. The number of amides is 3. The summed E-state index contributed by atoms with van der Waals surface area (Å²) in [6.07, 6.45) is -2.90. The molecule has 3 amide bonds. The van der Waals surface area contributed by atoms with Crippen LogP contribution >= 0.6 is 21.6 Å². The van der Waals surface area contributed by atoms with E-state index in [4.69, 9.17) is 21.1 Å². The second-order valence-electron chi connectivity index (χ2n) is 7.32. The van der Waals surface area contributed by atoms with E-state index in [0.29, 0.717) is 12.3 Å². The molecule has 0 saturated heterocycles. The average Bonchev–Trinajstić information content (AvgIpc) is 2.80. The van der Waals surface area contributed by atoms with Crippen molar-refractivity contribution in [3.8, 4) is 0 Å². The molecule has 0 fully saturated rings. The summed E-state index contributed by atoms with van der Waals surface area (Å²) in [6, 6.07) is -1.96. The first-order valence-electron chi connectivity index (χ1n) is 10.7. The zero-order chi connectivity index (χ0) is 25.9. The molecule has 0 aromatic heterocycles. The first-order valence-corrected chi connectivity index (χ1v) is 13.2. The van der Waals surface area contributed by atoms with Crippen molar-refractivity contribution in [3.63, 3.8) is 0 Å². The van der Waals surface area contributed by atoms with Gasteiger partial charge in [0.1, 0.15) is 6.10 Å². The molecule has 0 saturated carbocycles. The Balaban J connectivity index is 4.59. The van der Waals surface area contributed by atoms with E-state index in [1.54, 1.807) is 0 Å². The first kappa shape index (κ1) is 32.5. The van der Waals surface area contributed by atoms with Crippen LogP contribution in [0.2, 0.25) is 0 Å². The normalized spacial score (nSPS) is 14.5. The smallest absolute Gasteiger partial charge is 0.239 e. The molecule has 0 rings (SSSR count). The fraction of sp³-hybridized carbons (Fsp3) is 0.789. The molecule has 0 heterocycles. The summed E-state index contributed by atoms with van der Waals surface area (Å²) < 4.78 is 0. The molecular weight excluding hydrogens is 492 g/mol. The Hall–Kier alpha value is -1.46. The van der Waals surface area contributed by atoms with Crippen molar-refractivity contribution in [3.05, 3.63) is 0 Å². The summed E-state index contributed by atoms with van der Waals surface area (Å²) in [4.78, 5) is 48.1. The summed E-state index contributed by atoms with van der Waals surface area (Å²) in [5.41, 5.74) is 5.58. The second kappa shape index (κ2) is 19.8. The highest BCUT2D eigenvalue weighted by molar-refractivity contribution is 8.76. The first-order chi connectivity index (χ1) is 16.1. The van der Waals surface area contributed by atoms with Gasteiger partial charge in [0.25, 0.3) is 0 Å². The number of hydrogen-bond donors (Lipinski definition) is 9. The SMILES string of the molecule is N[C@H](CC(=O)NCC(=O)N[C@@H](CC[C@H](O)CO)CC(=O)NCCSSCO)C(=O)[C@H](O)CCO. The van der Waals surface area contributed by atoms with E-state index >= 15 is 0 Å². The Morgan fingerprint density at radius 1 is 0.853 bits per heavy atom. The Morgan fingerprint density at radius 2 is 1.53 bits per heavy atom. The average molecular weight is 529 g/mol. The van der Waals surface area contributed by atoms with Crippen LogP contribution < -0.4 is 21.7 Å². The Bertz CT molecular complexity index is 631. The number of ketones is 1. The van der Waals surface area contributed by atoms with Gasteiger partial charge in [-0.15, -0.1) is 0 Å². The lowest BCUT2D eigenvalue weighted by Crippen LogP contribution is -2.46. The minimum Gasteiger partial charge on any atom is -0.396 e. The Labute approximate surface area is 206 Å². The molecule has 0 bridgehead atoms. The van der Waals surface area contributed by atoms with Gasteiger partial charge in [-0.1, -0.05) is 21.6 Å². The van der Waals surface area contributed by atoms with Gasteiger partial charge < -0.3 is 47.2 Å². The van der Waals surface area contributed by atoms with E-state index in [2.05, 4.69) is 16.0 Å². The van der Waals surface area contributed by atoms with Crippen LogP contribution in [-0.2, 0) is 19.2 Å². The van der Waals surface area contributed by atoms with Crippen molar-refractivity contribution in [1.82, 2.24) is 16.0 Å². The maximum absolute atomic E-state index is 12.2. The molecule has 0 aromatic carbocycles. The minimum atomic E-state index is -1.48. The summed E-state index contributed by atoms with van der Waals surface area (Å²) in [7, 11) is 2.63. The van der Waals surface area contributed by atoms with E-state index < -0.39 is 68.1 Å². The van der Waals surface area contributed by atoms with Crippen LogP contribution in [0.4, 0.5) is 0 Å². The largest absolute Gasteiger partial charge is 0.396 e. The standard InChI is InChI=1S/C19H36N4O9S2/c20-14(19(32)15(28)3-5-24)8-17(30)22-9-18(31)23-12(1-2-13(27)10-25)7-16(29)21-4-6-33-34-11-26/h12-15,24-28H,1-11,20H2,(H,21,29)(H,22,30)(H,23,31)/t12-,13-,14+,15+/m0/s1. The van der Waals surface area contributed by atoms with Crippen molar-refractivity contribution in [2.45, 2.75) is 56.4 Å². The highest BCUT2D eigenvalue weighted by Gasteiger charge is 2.24. The van der Waals surface area contributed by atoms with Gasteiger partial charge in [0, 0.05) is 44.2 Å². The van der Waals surface area contributed by atoms with E-state index in [1.807, 2.05) is 0 Å². The number of Topliss-reactive ketones (excluding diaryl/α,β-unsaturated/α-hetero) is 1. The number of nitrogens with two attached hydrogens (primary N) is 1. The fourth-order valence-electron chi connectivity index (χ4n) is 2.68. The quantitative estimate of drug-likeness (QED) is 0.0427. The number of nitrogens with one attached hydrogen (secondary N) is 3. The molecule has 15 heteroatoms. The molecule has 0 aliphatic heterocycles.